The first-order valence-electron chi connectivity index (χ1n) is 8.17. The van der Waals surface area contributed by atoms with Gasteiger partial charge in [-0.15, -0.1) is 11.8 Å². The number of nitrogens with one attached hydrogen (secondary N) is 1. The van der Waals surface area contributed by atoms with Gasteiger partial charge in [0, 0.05) is 16.8 Å². The van der Waals surface area contributed by atoms with Crippen molar-refractivity contribution >= 4 is 39.0 Å². The standard InChI is InChI=1S/C21H17NO2S/c23-21(22-18-12-6-10-15-7-4-5-11-17(15)18)19-20(25-14-13-24-19)16-8-2-1-3-9-16/h1-12H,13-14H2,(H,22,23). The van der Waals surface area contributed by atoms with E-state index in [-0.39, 0.29) is 5.91 Å². The number of fused-ring (bicyclic) bond motifs is 1. The maximum absolute atomic E-state index is 12.9. The van der Waals surface area contributed by atoms with Gasteiger partial charge in [-0.05, 0) is 17.0 Å². The molecule has 0 radical (unpaired) electrons. The summed E-state index contributed by atoms with van der Waals surface area (Å²) < 4.78 is 5.74. The Hall–Kier alpha value is -2.72. The van der Waals surface area contributed by atoms with Crippen molar-refractivity contribution in [2.75, 3.05) is 17.7 Å². The van der Waals surface area contributed by atoms with E-state index in [1.54, 1.807) is 11.8 Å². The number of rotatable bonds is 3. The van der Waals surface area contributed by atoms with E-state index in [4.69, 9.17) is 4.74 Å². The normalized spacial score (nSPS) is 14.2. The van der Waals surface area contributed by atoms with Crippen LogP contribution in [0.3, 0.4) is 0 Å². The van der Waals surface area contributed by atoms with E-state index in [2.05, 4.69) is 5.32 Å². The van der Waals surface area contributed by atoms with E-state index in [0.29, 0.717) is 12.4 Å². The van der Waals surface area contributed by atoms with Crippen LogP contribution in [0.1, 0.15) is 5.56 Å². The lowest BCUT2D eigenvalue weighted by atomic mass is 10.1. The fourth-order valence-corrected chi connectivity index (χ4v) is 3.86. The molecule has 1 amide bonds. The first-order chi connectivity index (χ1) is 12.3. The van der Waals surface area contributed by atoms with Gasteiger partial charge in [-0.1, -0.05) is 66.7 Å². The second-order valence-electron chi connectivity index (χ2n) is 5.70. The molecule has 0 fully saturated rings. The summed E-state index contributed by atoms with van der Waals surface area (Å²) in [5, 5.41) is 5.13. The van der Waals surface area contributed by atoms with E-state index in [1.165, 1.54) is 0 Å². The lowest BCUT2D eigenvalue weighted by Crippen LogP contribution is -2.21. The largest absolute Gasteiger partial charge is 0.486 e. The Morgan fingerprint density at radius 3 is 2.56 bits per heavy atom. The minimum atomic E-state index is -0.206. The number of hydrogen-bond donors (Lipinski definition) is 1. The molecule has 0 aliphatic carbocycles. The summed E-state index contributed by atoms with van der Waals surface area (Å²) in [4.78, 5) is 13.8. The number of ether oxygens (including phenoxy) is 1. The molecule has 0 saturated carbocycles. The van der Waals surface area contributed by atoms with Crippen LogP contribution in [0.25, 0.3) is 15.7 Å². The quantitative estimate of drug-likeness (QED) is 0.731. The van der Waals surface area contributed by atoms with E-state index < -0.39 is 0 Å². The Morgan fingerprint density at radius 2 is 1.68 bits per heavy atom. The van der Waals surface area contributed by atoms with Gasteiger partial charge in [-0.2, -0.15) is 0 Å². The van der Waals surface area contributed by atoms with Crippen molar-refractivity contribution < 1.29 is 9.53 Å². The molecule has 0 bridgehead atoms. The van der Waals surface area contributed by atoms with Crippen molar-refractivity contribution in [3.05, 3.63) is 84.1 Å². The van der Waals surface area contributed by atoms with Crippen LogP contribution < -0.4 is 5.32 Å². The summed E-state index contributed by atoms with van der Waals surface area (Å²) >= 11 is 1.66. The van der Waals surface area contributed by atoms with Gasteiger partial charge in [0.15, 0.2) is 5.76 Å². The average Bonchev–Trinajstić information content (AvgIpc) is 2.69. The molecule has 25 heavy (non-hydrogen) atoms. The predicted molar refractivity (Wildman–Crippen MR) is 104 cm³/mol. The summed E-state index contributed by atoms with van der Waals surface area (Å²) in [6.07, 6.45) is 0. The summed E-state index contributed by atoms with van der Waals surface area (Å²) in [5.41, 5.74) is 1.80. The van der Waals surface area contributed by atoms with Gasteiger partial charge in [0.1, 0.15) is 0 Å². The Morgan fingerprint density at radius 1 is 0.920 bits per heavy atom. The molecule has 3 nitrogen and oxygen atoms in total. The molecular formula is C21H17NO2S. The molecule has 0 atom stereocenters. The molecule has 0 saturated heterocycles. The molecular weight excluding hydrogens is 330 g/mol. The molecule has 1 aliphatic rings. The highest BCUT2D eigenvalue weighted by Crippen LogP contribution is 2.35. The second kappa shape index (κ2) is 7.03. The Bertz CT molecular complexity index is 945. The Balaban J connectivity index is 1.70. The van der Waals surface area contributed by atoms with Crippen molar-refractivity contribution in [2.24, 2.45) is 0 Å². The third-order valence-electron chi connectivity index (χ3n) is 4.06. The minimum Gasteiger partial charge on any atom is -0.486 e. The molecule has 4 rings (SSSR count). The van der Waals surface area contributed by atoms with Crippen molar-refractivity contribution in [1.82, 2.24) is 0 Å². The van der Waals surface area contributed by atoms with Gasteiger partial charge in [0.05, 0.1) is 11.5 Å². The molecule has 4 heteroatoms. The van der Waals surface area contributed by atoms with Crippen LogP contribution in [-0.2, 0) is 9.53 Å². The smallest absolute Gasteiger partial charge is 0.291 e. The third kappa shape index (κ3) is 3.26. The van der Waals surface area contributed by atoms with Crippen molar-refractivity contribution in [3.8, 4) is 0 Å². The van der Waals surface area contributed by atoms with E-state index >= 15 is 0 Å². The molecule has 124 valence electrons. The number of amides is 1. The van der Waals surface area contributed by atoms with Crippen LogP contribution in [0, 0.1) is 0 Å². The Kier molecular flexibility index (Phi) is 4.44. The zero-order valence-electron chi connectivity index (χ0n) is 13.6. The molecule has 3 aromatic carbocycles. The van der Waals surface area contributed by atoms with Gasteiger partial charge >= 0.3 is 0 Å². The number of carbonyl (C=O) groups excluding carboxylic acids is 1. The highest BCUT2D eigenvalue weighted by molar-refractivity contribution is 8.08. The number of anilines is 1. The average molecular weight is 347 g/mol. The van der Waals surface area contributed by atoms with Crippen LogP contribution in [0.15, 0.2) is 78.6 Å². The van der Waals surface area contributed by atoms with E-state index in [1.807, 2.05) is 72.8 Å². The maximum Gasteiger partial charge on any atom is 0.291 e. The Labute approximate surface area is 150 Å². The van der Waals surface area contributed by atoms with Gasteiger partial charge < -0.3 is 10.1 Å². The summed E-state index contributed by atoms with van der Waals surface area (Å²) in [6, 6.07) is 23.8. The van der Waals surface area contributed by atoms with Crippen molar-refractivity contribution in [1.29, 1.82) is 0 Å². The fourth-order valence-electron chi connectivity index (χ4n) is 2.90. The number of hydrogen-bond acceptors (Lipinski definition) is 3. The van der Waals surface area contributed by atoms with Crippen LogP contribution in [0.2, 0.25) is 0 Å². The van der Waals surface area contributed by atoms with E-state index in [9.17, 15) is 4.79 Å². The summed E-state index contributed by atoms with van der Waals surface area (Å²) in [6.45, 7) is 0.541. The van der Waals surface area contributed by atoms with Crippen LogP contribution >= 0.6 is 11.8 Å². The minimum absolute atomic E-state index is 0.206. The molecule has 1 N–H and O–H groups in total. The predicted octanol–water partition coefficient (Wildman–Crippen LogP) is 4.91. The maximum atomic E-state index is 12.9. The number of carbonyl (C=O) groups is 1. The molecule has 0 spiro atoms. The number of benzene rings is 3. The second-order valence-corrected chi connectivity index (χ2v) is 6.81. The fraction of sp³-hybridized carbons (Fsp3) is 0.0952. The molecule has 3 aromatic rings. The molecule has 0 aromatic heterocycles. The molecule has 0 unspecified atom stereocenters. The molecule has 1 aliphatic heterocycles. The highest BCUT2D eigenvalue weighted by atomic mass is 32.2. The first kappa shape index (κ1) is 15.8. The zero-order valence-corrected chi connectivity index (χ0v) is 14.4. The molecule has 1 heterocycles. The SMILES string of the molecule is O=C(Nc1cccc2ccccc12)C1=C(c2ccccc2)SCCO1. The van der Waals surface area contributed by atoms with Crippen LogP contribution in [0.4, 0.5) is 5.69 Å². The number of thioether (sulfide) groups is 1. The van der Waals surface area contributed by atoms with Crippen molar-refractivity contribution in [3.63, 3.8) is 0 Å². The van der Waals surface area contributed by atoms with Gasteiger partial charge in [-0.25, -0.2) is 0 Å². The van der Waals surface area contributed by atoms with Crippen LogP contribution in [-0.4, -0.2) is 18.3 Å². The van der Waals surface area contributed by atoms with Crippen LogP contribution in [0.5, 0.6) is 0 Å². The zero-order chi connectivity index (χ0) is 17.1. The summed E-state index contributed by atoms with van der Waals surface area (Å²) in [7, 11) is 0. The van der Waals surface area contributed by atoms with Gasteiger partial charge in [0.25, 0.3) is 5.91 Å². The van der Waals surface area contributed by atoms with Crippen molar-refractivity contribution in [2.45, 2.75) is 0 Å². The summed E-state index contributed by atoms with van der Waals surface area (Å²) in [5.74, 6) is 1.03. The lowest BCUT2D eigenvalue weighted by molar-refractivity contribution is -0.115. The lowest BCUT2D eigenvalue weighted by Gasteiger charge is -2.21. The van der Waals surface area contributed by atoms with E-state index in [0.717, 1.165) is 32.7 Å². The third-order valence-corrected chi connectivity index (χ3v) is 5.14. The first-order valence-corrected chi connectivity index (χ1v) is 9.16. The highest BCUT2D eigenvalue weighted by Gasteiger charge is 2.23. The van der Waals surface area contributed by atoms with Gasteiger partial charge in [-0.3, -0.25) is 4.79 Å². The monoisotopic (exact) mass is 347 g/mol. The topological polar surface area (TPSA) is 38.3 Å². The van der Waals surface area contributed by atoms with Gasteiger partial charge in [0.2, 0.25) is 0 Å².